The number of para-hydroxylation sites is 1. The molecule has 0 aliphatic carbocycles. The van der Waals surface area contributed by atoms with E-state index < -0.39 is 23.1 Å². The molecular weight excluding hydrogens is 763 g/mol. The van der Waals surface area contributed by atoms with Crippen molar-refractivity contribution >= 4 is 81.0 Å². The summed E-state index contributed by atoms with van der Waals surface area (Å²) in [5.41, 5.74) is 2.99. The molecular formula is C40H32Cl2N6O6S. The number of hydrogen-bond donors (Lipinski definition) is 0. The number of fused-ring (bicyclic) bond motifs is 1. The normalized spacial score (nSPS) is 14.0. The van der Waals surface area contributed by atoms with Gasteiger partial charge >= 0.3 is 11.7 Å². The molecule has 1 aliphatic rings. The average molecular weight is 796 g/mol. The minimum Gasteiger partial charge on any atom is -0.493 e. The van der Waals surface area contributed by atoms with Crippen molar-refractivity contribution in [3.63, 3.8) is 0 Å². The molecule has 278 valence electrons. The van der Waals surface area contributed by atoms with Gasteiger partial charge in [0.15, 0.2) is 27.8 Å². The number of imidazole rings is 1. The quantitative estimate of drug-likeness (QED) is 0.0923. The van der Waals surface area contributed by atoms with Crippen molar-refractivity contribution in [3.8, 4) is 17.5 Å². The number of halogens is 2. The number of hydrogen-bond acceptors (Lipinski definition) is 8. The second-order valence-corrected chi connectivity index (χ2v) is 14.0. The number of thiocarbonyl (C=S) groups is 1. The average Bonchev–Trinajstić information content (AvgIpc) is 3.52. The molecule has 2 aromatic heterocycles. The van der Waals surface area contributed by atoms with Gasteiger partial charge in [-0.3, -0.25) is 37.9 Å². The van der Waals surface area contributed by atoms with Crippen molar-refractivity contribution in [3.05, 3.63) is 144 Å². The van der Waals surface area contributed by atoms with E-state index in [1.807, 2.05) is 32.0 Å². The van der Waals surface area contributed by atoms with E-state index in [1.165, 1.54) is 46.2 Å². The van der Waals surface area contributed by atoms with Crippen molar-refractivity contribution < 1.29 is 19.1 Å². The van der Waals surface area contributed by atoms with Crippen LogP contribution in [0.25, 0.3) is 17.2 Å². The van der Waals surface area contributed by atoms with Crippen LogP contribution in [-0.2, 0) is 30.2 Å². The minimum atomic E-state index is -0.595. The van der Waals surface area contributed by atoms with E-state index in [-0.39, 0.29) is 45.9 Å². The SMILES string of the molecule is COc1cc(/C=C2\C(=O)N(c3ccccc3)C(=S)N(c3ccc(C)c(C)c3)C2=O)ccc1Oc1nc2c(c(=O)n(C)c(=O)n2C)n1Cc1ccc(Cl)cc1Cl. The summed E-state index contributed by atoms with van der Waals surface area (Å²) in [5.74, 6) is -0.777. The lowest BCUT2D eigenvalue weighted by Gasteiger charge is -2.36. The Morgan fingerprint density at radius 1 is 0.782 bits per heavy atom. The van der Waals surface area contributed by atoms with Gasteiger partial charge in [0.25, 0.3) is 17.4 Å². The fraction of sp³-hybridized carbons (Fsp3) is 0.150. The van der Waals surface area contributed by atoms with Crippen LogP contribution in [0.2, 0.25) is 10.0 Å². The van der Waals surface area contributed by atoms with Gasteiger partial charge < -0.3 is 9.47 Å². The van der Waals surface area contributed by atoms with E-state index in [0.29, 0.717) is 32.5 Å². The van der Waals surface area contributed by atoms with Crippen LogP contribution in [-0.4, -0.2) is 42.7 Å². The van der Waals surface area contributed by atoms with Crippen molar-refractivity contribution in [2.45, 2.75) is 20.4 Å². The number of amides is 2. The molecule has 3 heterocycles. The Morgan fingerprint density at radius 2 is 1.49 bits per heavy atom. The molecule has 1 fully saturated rings. The molecule has 12 nitrogen and oxygen atoms in total. The predicted molar refractivity (Wildman–Crippen MR) is 217 cm³/mol. The van der Waals surface area contributed by atoms with Crippen molar-refractivity contribution in [2.24, 2.45) is 14.1 Å². The molecule has 0 unspecified atom stereocenters. The van der Waals surface area contributed by atoms with Crippen molar-refractivity contribution in [2.75, 3.05) is 16.9 Å². The van der Waals surface area contributed by atoms with E-state index >= 15 is 0 Å². The highest BCUT2D eigenvalue weighted by Gasteiger charge is 2.41. The third kappa shape index (κ3) is 6.71. The van der Waals surface area contributed by atoms with Crippen LogP contribution in [0.5, 0.6) is 17.5 Å². The summed E-state index contributed by atoms with van der Waals surface area (Å²) >= 11 is 18.5. The maximum atomic E-state index is 14.2. The molecule has 6 aromatic rings. The maximum absolute atomic E-state index is 14.2. The van der Waals surface area contributed by atoms with E-state index in [2.05, 4.69) is 4.98 Å². The van der Waals surface area contributed by atoms with E-state index in [1.54, 1.807) is 66.7 Å². The van der Waals surface area contributed by atoms with Crippen LogP contribution in [0, 0.1) is 13.8 Å². The van der Waals surface area contributed by atoms with Gasteiger partial charge in [0.2, 0.25) is 0 Å². The van der Waals surface area contributed by atoms with Crippen LogP contribution in [0.4, 0.5) is 11.4 Å². The molecule has 7 rings (SSSR count). The van der Waals surface area contributed by atoms with Gasteiger partial charge in [0.1, 0.15) is 5.57 Å². The maximum Gasteiger partial charge on any atom is 0.332 e. The van der Waals surface area contributed by atoms with Crippen LogP contribution < -0.4 is 30.5 Å². The Hall–Kier alpha value is -6.02. The summed E-state index contributed by atoms with van der Waals surface area (Å²) in [6, 6.07) is 24.2. The van der Waals surface area contributed by atoms with Crippen LogP contribution in [0.3, 0.4) is 0 Å². The van der Waals surface area contributed by atoms with Crippen LogP contribution in [0.1, 0.15) is 22.3 Å². The van der Waals surface area contributed by atoms with Crippen LogP contribution >= 0.6 is 35.4 Å². The first-order valence-electron chi connectivity index (χ1n) is 16.8. The Labute approximate surface area is 330 Å². The fourth-order valence-electron chi connectivity index (χ4n) is 6.22. The van der Waals surface area contributed by atoms with Gasteiger partial charge in [-0.05, 0) is 103 Å². The lowest BCUT2D eigenvalue weighted by molar-refractivity contribution is -0.120. The smallest absolute Gasteiger partial charge is 0.332 e. The second-order valence-electron chi connectivity index (χ2n) is 12.8. The number of anilines is 2. The zero-order valence-corrected chi connectivity index (χ0v) is 32.5. The minimum absolute atomic E-state index is 0.0260. The third-order valence-electron chi connectivity index (χ3n) is 9.37. The van der Waals surface area contributed by atoms with Gasteiger partial charge in [-0.25, -0.2) is 4.79 Å². The number of nitrogens with zero attached hydrogens (tertiary/aromatic N) is 6. The molecule has 55 heavy (non-hydrogen) atoms. The largest absolute Gasteiger partial charge is 0.493 e. The summed E-state index contributed by atoms with van der Waals surface area (Å²) < 4.78 is 15.8. The Bertz CT molecular complexity index is 2740. The van der Waals surface area contributed by atoms with Crippen molar-refractivity contribution in [1.29, 1.82) is 0 Å². The molecule has 4 aromatic carbocycles. The number of aromatic nitrogens is 4. The standard InChI is InChI=1S/C40H32Cl2N6O6S/c1-22-11-15-28(17-23(22)2)48-36(50)29(35(49)47(40(48)55)27-9-7-6-8-10-27)18-24-12-16-31(32(19-24)53-5)54-38-43-34-33(37(51)45(4)39(52)44(34)3)46(38)21-25-13-14-26(41)20-30(25)42/h6-20H,21H2,1-5H3/b29-18+. The Kier molecular flexibility index (Phi) is 9.95. The molecule has 0 radical (unpaired) electrons. The highest BCUT2D eigenvalue weighted by molar-refractivity contribution is 7.81. The van der Waals surface area contributed by atoms with Gasteiger partial charge in [0, 0.05) is 24.1 Å². The molecule has 2 amide bonds. The summed E-state index contributed by atoms with van der Waals surface area (Å²) in [7, 11) is 4.32. The molecule has 0 spiro atoms. The van der Waals surface area contributed by atoms with Gasteiger partial charge in [-0.1, -0.05) is 59.6 Å². The van der Waals surface area contributed by atoms with E-state index in [0.717, 1.165) is 15.7 Å². The third-order valence-corrected chi connectivity index (χ3v) is 10.3. The number of rotatable bonds is 8. The molecule has 0 saturated carbocycles. The highest BCUT2D eigenvalue weighted by atomic mass is 35.5. The van der Waals surface area contributed by atoms with Gasteiger partial charge in [0.05, 0.1) is 25.0 Å². The number of carbonyl (C=O) groups excluding carboxylic acids is 2. The number of benzene rings is 4. The monoisotopic (exact) mass is 794 g/mol. The van der Waals surface area contributed by atoms with Crippen LogP contribution in [0.15, 0.2) is 100 Å². The first-order chi connectivity index (χ1) is 26.3. The molecule has 0 bridgehead atoms. The van der Waals surface area contributed by atoms with Gasteiger partial charge in [-0.15, -0.1) is 0 Å². The predicted octanol–water partition coefficient (Wildman–Crippen LogP) is 6.95. The number of ether oxygens (including phenoxy) is 2. The lowest BCUT2D eigenvalue weighted by atomic mass is 10.0. The first-order valence-corrected chi connectivity index (χ1v) is 18.0. The molecule has 15 heteroatoms. The van der Waals surface area contributed by atoms with E-state index in [4.69, 9.17) is 44.9 Å². The fourth-order valence-corrected chi connectivity index (χ4v) is 7.07. The second kappa shape index (κ2) is 14.7. The van der Waals surface area contributed by atoms with Gasteiger partial charge in [-0.2, -0.15) is 4.98 Å². The number of methoxy groups -OCH3 is 1. The number of carbonyl (C=O) groups is 2. The molecule has 1 aliphatic heterocycles. The summed E-state index contributed by atoms with van der Waals surface area (Å²) in [6.45, 7) is 3.95. The Balaban J connectivity index is 1.31. The van der Waals surface area contributed by atoms with E-state index in [9.17, 15) is 19.2 Å². The van der Waals surface area contributed by atoms with Crippen molar-refractivity contribution in [1.82, 2.24) is 18.7 Å². The summed E-state index contributed by atoms with van der Waals surface area (Å²) in [6.07, 6.45) is 1.47. The Morgan fingerprint density at radius 3 is 2.16 bits per heavy atom. The highest BCUT2D eigenvalue weighted by Crippen LogP contribution is 2.36. The topological polar surface area (TPSA) is 121 Å². The molecule has 0 N–H and O–H groups in total. The molecule has 1 saturated heterocycles. The molecule has 0 atom stereocenters. The summed E-state index contributed by atoms with van der Waals surface area (Å²) in [5, 5.41) is 0.813. The first kappa shape index (κ1) is 37.3. The summed E-state index contributed by atoms with van der Waals surface area (Å²) in [4.78, 5) is 61.9. The number of aryl methyl sites for hydroxylation is 3. The lowest BCUT2D eigenvalue weighted by Crippen LogP contribution is -2.57. The zero-order chi connectivity index (χ0) is 39.3. The zero-order valence-electron chi connectivity index (χ0n) is 30.2.